The molecule has 33 heavy (non-hydrogen) atoms. The van der Waals surface area contributed by atoms with Gasteiger partial charge in [-0.15, -0.1) is 0 Å². The number of rotatable bonds is 4. The van der Waals surface area contributed by atoms with E-state index in [0.29, 0.717) is 17.8 Å². The molecule has 1 aliphatic rings. The number of fused-ring (bicyclic) bond motifs is 1. The predicted molar refractivity (Wildman–Crippen MR) is 129 cm³/mol. The molecule has 0 fully saturated rings. The topological polar surface area (TPSA) is 67.2 Å². The van der Waals surface area contributed by atoms with Crippen LogP contribution in [0.2, 0.25) is 0 Å². The molecule has 3 aromatic carbocycles. The second-order valence-electron chi connectivity index (χ2n) is 8.19. The number of para-hydroxylation sites is 2. The van der Waals surface area contributed by atoms with Crippen LogP contribution in [0.5, 0.6) is 0 Å². The van der Waals surface area contributed by atoms with Gasteiger partial charge in [0.2, 0.25) is 5.91 Å². The van der Waals surface area contributed by atoms with Gasteiger partial charge in [-0.1, -0.05) is 54.1 Å². The van der Waals surface area contributed by atoms with Gasteiger partial charge in [0, 0.05) is 17.6 Å². The molecule has 0 saturated heterocycles. The summed E-state index contributed by atoms with van der Waals surface area (Å²) in [6, 6.07) is 26.1. The van der Waals surface area contributed by atoms with E-state index in [-0.39, 0.29) is 11.8 Å². The van der Waals surface area contributed by atoms with Gasteiger partial charge in [-0.2, -0.15) is 5.10 Å². The van der Waals surface area contributed by atoms with Crippen LogP contribution in [0.4, 0.5) is 11.4 Å². The SMILES string of the molecule is Cc1ccc(NC(=O)C2CCc3ccccc3N2C(=O)c2ccn(-c3ccccc3)n2)cc1. The smallest absolute Gasteiger partial charge is 0.279 e. The minimum Gasteiger partial charge on any atom is -0.324 e. The quantitative estimate of drug-likeness (QED) is 0.501. The summed E-state index contributed by atoms with van der Waals surface area (Å²) in [5.41, 5.74) is 4.79. The van der Waals surface area contributed by atoms with Crippen molar-refractivity contribution >= 4 is 23.2 Å². The number of nitrogens with one attached hydrogen (secondary N) is 1. The molecule has 5 rings (SSSR count). The molecule has 1 N–H and O–H groups in total. The highest BCUT2D eigenvalue weighted by Gasteiger charge is 2.37. The third kappa shape index (κ3) is 4.15. The van der Waals surface area contributed by atoms with Gasteiger partial charge in [-0.05, 0) is 61.7 Å². The Kier molecular flexibility index (Phi) is 5.48. The van der Waals surface area contributed by atoms with Crippen LogP contribution in [0, 0.1) is 6.92 Å². The first-order chi connectivity index (χ1) is 16.1. The summed E-state index contributed by atoms with van der Waals surface area (Å²) in [6.45, 7) is 2.00. The minimum atomic E-state index is -0.629. The molecule has 1 unspecified atom stereocenters. The Balaban J connectivity index is 1.47. The zero-order valence-electron chi connectivity index (χ0n) is 18.3. The molecule has 0 bridgehead atoms. The number of aromatic nitrogens is 2. The van der Waals surface area contributed by atoms with Crippen molar-refractivity contribution in [2.75, 3.05) is 10.2 Å². The van der Waals surface area contributed by atoms with Gasteiger partial charge in [0.15, 0.2) is 5.69 Å². The molecular formula is C27H24N4O2. The molecule has 2 amide bonds. The van der Waals surface area contributed by atoms with Crippen molar-refractivity contribution in [3.8, 4) is 5.69 Å². The van der Waals surface area contributed by atoms with Crippen molar-refractivity contribution in [2.45, 2.75) is 25.8 Å². The predicted octanol–water partition coefficient (Wildman–Crippen LogP) is 4.78. The van der Waals surface area contributed by atoms with E-state index in [0.717, 1.165) is 28.9 Å². The Bertz CT molecular complexity index is 1300. The summed E-state index contributed by atoms with van der Waals surface area (Å²) < 4.78 is 1.67. The standard InChI is InChI=1S/C27H24N4O2/c1-19-11-14-21(15-12-19)28-26(32)25-16-13-20-7-5-6-10-24(20)31(25)27(33)23-17-18-30(29-23)22-8-3-2-4-9-22/h2-12,14-15,17-18,25H,13,16H2,1H3,(H,28,32). The highest BCUT2D eigenvalue weighted by Crippen LogP contribution is 2.32. The van der Waals surface area contributed by atoms with E-state index in [9.17, 15) is 9.59 Å². The van der Waals surface area contributed by atoms with E-state index in [2.05, 4.69) is 10.4 Å². The van der Waals surface area contributed by atoms with Crippen LogP contribution >= 0.6 is 0 Å². The Labute approximate surface area is 192 Å². The molecule has 2 heterocycles. The summed E-state index contributed by atoms with van der Waals surface area (Å²) in [4.78, 5) is 28.6. The lowest BCUT2D eigenvalue weighted by Gasteiger charge is -2.36. The van der Waals surface area contributed by atoms with Gasteiger partial charge in [0.1, 0.15) is 6.04 Å². The van der Waals surface area contributed by atoms with Gasteiger partial charge < -0.3 is 5.32 Å². The lowest BCUT2D eigenvalue weighted by atomic mass is 9.94. The van der Waals surface area contributed by atoms with Gasteiger partial charge in [0.05, 0.1) is 5.69 Å². The van der Waals surface area contributed by atoms with E-state index in [1.165, 1.54) is 0 Å². The Hall–Kier alpha value is -4.19. The lowest BCUT2D eigenvalue weighted by Crippen LogP contribution is -2.50. The number of amides is 2. The Morgan fingerprint density at radius 2 is 1.64 bits per heavy atom. The monoisotopic (exact) mass is 436 g/mol. The first-order valence-electron chi connectivity index (χ1n) is 11.0. The first-order valence-corrected chi connectivity index (χ1v) is 11.0. The highest BCUT2D eigenvalue weighted by molar-refractivity contribution is 6.11. The van der Waals surface area contributed by atoms with Crippen LogP contribution in [0.25, 0.3) is 5.69 Å². The number of hydrogen-bond donors (Lipinski definition) is 1. The molecule has 1 atom stereocenters. The van der Waals surface area contributed by atoms with Crippen LogP contribution in [-0.4, -0.2) is 27.6 Å². The number of nitrogens with zero attached hydrogens (tertiary/aromatic N) is 3. The Morgan fingerprint density at radius 1 is 0.909 bits per heavy atom. The second-order valence-corrected chi connectivity index (χ2v) is 8.19. The number of benzene rings is 3. The Morgan fingerprint density at radius 3 is 2.42 bits per heavy atom. The molecule has 6 heteroatoms. The van der Waals surface area contributed by atoms with Crippen LogP contribution in [-0.2, 0) is 11.2 Å². The van der Waals surface area contributed by atoms with E-state index in [1.807, 2.05) is 85.8 Å². The van der Waals surface area contributed by atoms with E-state index in [1.54, 1.807) is 21.8 Å². The van der Waals surface area contributed by atoms with E-state index < -0.39 is 6.04 Å². The third-order valence-electron chi connectivity index (χ3n) is 5.92. The van der Waals surface area contributed by atoms with Gasteiger partial charge >= 0.3 is 0 Å². The fourth-order valence-corrected chi connectivity index (χ4v) is 4.19. The number of carbonyl (C=O) groups excluding carboxylic acids is 2. The molecule has 1 aliphatic heterocycles. The molecule has 0 aliphatic carbocycles. The first kappa shape index (κ1) is 20.7. The third-order valence-corrected chi connectivity index (χ3v) is 5.92. The largest absolute Gasteiger partial charge is 0.324 e. The summed E-state index contributed by atoms with van der Waals surface area (Å²) >= 11 is 0. The van der Waals surface area contributed by atoms with Crippen LogP contribution < -0.4 is 10.2 Å². The molecule has 164 valence electrons. The maximum absolute atomic E-state index is 13.7. The van der Waals surface area contributed by atoms with Crippen LogP contribution in [0.3, 0.4) is 0 Å². The maximum atomic E-state index is 13.7. The van der Waals surface area contributed by atoms with Crippen molar-refractivity contribution in [2.24, 2.45) is 0 Å². The lowest BCUT2D eigenvalue weighted by molar-refractivity contribution is -0.117. The van der Waals surface area contributed by atoms with Gasteiger partial charge in [-0.25, -0.2) is 4.68 Å². The number of aryl methyl sites for hydroxylation is 2. The number of hydrogen-bond acceptors (Lipinski definition) is 3. The fraction of sp³-hybridized carbons (Fsp3) is 0.148. The van der Waals surface area contributed by atoms with Crippen molar-refractivity contribution in [1.29, 1.82) is 0 Å². The molecule has 6 nitrogen and oxygen atoms in total. The van der Waals surface area contributed by atoms with Crippen molar-refractivity contribution < 1.29 is 9.59 Å². The molecule has 0 radical (unpaired) electrons. The molecule has 1 aromatic heterocycles. The second kappa shape index (κ2) is 8.74. The van der Waals surface area contributed by atoms with Gasteiger partial charge in [0.25, 0.3) is 5.91 Å². The van der Waals surface area contributed by atoms with Crippen molar-refractivity contribution in [3.05, 3.63) is 108 Å². The van der Waals surface area contributed by atoms with E-state index in [4.69, 9.17) is 0 Å². The zero-order chi connectivity index (χ0) is 22.8. The van der Waals surface area contributed by atoms with Crippen molar-refractivity contribution in [3.63, 3.8) is 0 Å². The highest BCUT2D eigenvalue weighted by atomic mass is 16.2. The normalized spacial score (nSPS) is 15.1. The summed E-state index contributed by atoms with van der Waals surface area (Å²) in [5, 5.41) is 7.49. The van der Waals surface area contributed by atoms with Gasteiger partial charge in [-0.3, -0.25) is 14.5 Å². The number of carbonyl (C=O) groups is 2. The molecule has 0 spiro atoms. The minimum absolute atomic E-state index is 0.204. The number of anilines is 2. The van der Waals surface area contributed by atoms with Crippen LogP contribution in [0.1, 0.15) is 28.0 Å². The molecular weight excluding hydrogens is 412 g/mol. The fourth-order valence-electron chi connectivity index (χ4n) is 4.19. The van der Waals surface area contributed by atoms with E-state index >= 15 is 0 Å². The zero-order valence-corrected chi connectivity index (χ0v) is 18.3. The summed E-state index contributed by atoms with van der Waals surface area (Å²) in [6.07, 6.45) is 3.03. The molecule has 0 saturated carbocycles. The maximum Gasteiger partial charge on any atom is 0.279 e. The average Bonchev–Trinajstić information content (AvgIpc) is 3.35. The van der Waals surface area contributed by atoms with Crippen LogP contribution in [0.15, 0.2) is 91.1 Å². The van der Waals surface area contributed by atoms with Crippen molar-refractivity contribution in [1.82, 2.24) is 9.78 Å². The average molecular weight is 437 g/mol. The summed E-state index contributed by atoms with van der Waals surface area (Å²) in [7, 11) is 0. The molecule has 4 aromatic rings. The summed E-state index contributed by atoms with van der Waals surface area (Å²) in [5.74, 6) is -0.495.